The number of methoxy groups -OCH3 is 1. The summed E-state index contributed by atoms with van der Waals surface area (Å²) in [5.74, 6) is 0.163. The molecule has 32 heavy (non-hydrogen) atoms. The third-order valence-electron chi connectivity index (χ3n) is 5.25. The number of carbonyl (C=O) groups excluding carboxylic acids is 2. The Morgan fingerprint density at radius 1 is 0.969 bits per heavy atom. The lowest BCUT2D eigenvalue weighted by Crippen LogP contribution is -2.30. The van der Waals surface area contributed by atoms with Crippen molar-refractivity contribution in [3.05, 3.63) is 59.2 Å². The largest absolute Gasteiger partial charge is 0.507 e. The smallest absolute Gasteiger partial charge is 0.295 e. The Labute approximate surface area is 188 Å². The second-order valence-corrected chi connectivity index (χ2v) is 7.29. The van der Waals surface area contributed by atoms with Crippen LogP contribution in [-0.2, 0) is 9.59 Å². The van der Waals surface area contributed by atoms with E-state index in [1.807, 2.05) is 20.8 Å². The van der Waals surface area contributed by atoms with E-state index >= 15 is 0 Å². The minimum absolute atomic E-state index is 0.0545. The minimum Gasteiger partial charge on any atom is -0.507 e. The van der Waals surface area contributed by atoms with Gasteiger partial charge in [0.05, 0.1) is 31.9 Å². The highest BCUT2D eigenvalue weighted by atomic mass is 16.5. The fourth-order valence-corrected chi connectivity index (χ4v) is 3.86. The molecule has 1 atom stereocenters. The van der Waals surface area contributed by atoms with Gasteiger partial charge in [-0.3, -0.25) is 9.59 Å². The molecular formula is C25H29NO6. The van der Waals surface area contributed by atoms with Crippen LogP contribution in [0.5, 0.6) is 17.2 Å². The van der Waals surface area contributed by atoms with E-state index in [4.69, 9.17) is 14.2 Å². The molecule has 2 aromatic carbocycles. The standard InChI is InChI=1S/C25H29NO6/c1-5-14-26-22(17-10-13-19(32-7-3)20(15-17)30-4)21(24(28)25(26)29)23(27)16-8-11-18(12-9-16)31-6-2/h8-13,15,22,27H,5-7,14H2,1-4H3/b23-21-. The Morgan fingerprint density at radius 3 is 2.25 bits per heavy atom. The highest BCUT2D eigenvalue weighted by Gasteiger charge is 2.45. The summed E-state index contributed by atoms with van der Waals surface area (Å²) >= 11 is 0. The summed E-state index contributed by atoms with van der Waals surface area (Å²) in [5.41, 5.74) is 1.15. The van der Waals surface area contributed by atoms with Crippen LogP contribution in [0.4, 0.5) is 0 Å². The summed E-state index contributed by atoms with van der Waals surface area (Å²) < 4.78 is 16.5. The molecule has 7 heteroatoms. The van der Waals surface area contributed by atoms with Gasteiger partial charge in [0, 0.05) is 12.1 Å². The maximum Gasteiger partial charge on any atom is 0.295 e. The number of carbonyl (C=O) groups is 2. The van der Waals surface area contributed by atoms with Crippen molar-refractivity contribution in [2.75, 3.05) is 26.9 Å². The van der Waals surface area contributed by atoms with E-state index in [9.17, 15) is 14.7 Å². The zero-order chi connectivity index (χ0) is 23.3. The van der Waals surface area contributed by atoms with Crippen LogP contribution in [0.2, 0.25) is 0 Å². The highest BCUT2D eigenvalue weighted by molar-refractivity contribution is 6.46. The maximum absolute atomic E-state index is 13.0. The quantitative estimate of drug-likeness (QED) is 0.356. The fourth-order valence-electron chi connectivity index (χ4n) is 3.86. The molecule has 1 heterocycles. The van der Waals surface area contributed by atoms with E-state index in [2.05, 4.69) is 0 Å². The number of amides is 1. The molecule has 1 unspecified atom stereocenters. The third-order valence-corrected chi connectivity index (χ3v) is 5.25. The van der Waals surface area contributed by atoms with Crippen LogP contribution in [0.1, 0.15) is 44.4 Å². The van der Waals surface area contributed by atoms with Gasteiger partial charge in [-0.1, -0.05) is 13.0 Å². The predicted octanol–water partition coefficient (Wildman–Crippen LogP) is 4.32. The number of rotatable bonds is 9. The lowest BCUT2D eigenvalue weighted by atomic mass is 9.95. The fraction of sp³-hybridized carbons (Fsp3) is 0.360. The first kappa shape index (κ1) is 23.2. The maximum atomic E-state index is 13.0. The average Bonchev–Trinajstić information content (AvgIpc) is 3.05. The van der Waals surface area contributed by atoms with Crippen LogP contribution in [0.25, 0.3) is 5.76 Å². The number of hydrogen-bond acceptors (Lipinski definition) is 6. The molecule has 170 valence electrons. The van der Waals surface area contributed by atoms with E-state index in [1.54, 1.807) is 42.5 Å². The first-order chi connectivity index (χ1) is 15.5. The Kier molecular flexibility index (Phi) is 7.41. The monoisotopic (exact) mass is 439 g/mol. The molecule has 1 aliphatic heterocycles. The summed E-state index contributed by atoms with van der Waals surface area (Å²) in [6.07, 6.45) is 0.667. The first-order valence-corrected chi connectivity index (χ1v) is 10.8. The van der Waals surface area contributed by atoms with Crippen molar-refractivity contribution in [3.8, 4) is 17.2 Å². The van der Waals surface area contributed by atoms with Crippen molar-refractivity contribution >= 4 is 17.4 Å². The molecule has 0 saturated carbocycles. The van der Waals surface area contributed by atoms with Gasteiger partial charge < -0.3 is 24.2 Å². The Hall–Kier alpha value is -3.48. The van der Waals surface area contributed by atoms with Crippen LogP contribution in [0.3, 0.4) is 0 Å². The summed E-state index contributed by atoms with van der Waals surface area (Å²) in [7, 11) is 1.53. The van der Waals surface area contributed by atoms with Gasteiger partial charge in [0.2, 0.25) is 0 Å². The van der Waals surface area contributed by atoms with Crippen molar-refractivity contribution < 1.29 is 28.9 Å². The van der Waals surface area contributed by atoms with Crippen molar-refractivity contribution in [2.24, 2.45) is 0 Å². The van der Waals surface area contributed by atoms with Crippen LogP contribution in [0, 0.1) is 0 Å². The lowest BCUT2D eigenvalue weighted by molar-refractivity contribution is -0.139. The van der Waals surface area contributed by atoms with Crippen molar-refractivity contribution in [2.45, 2.75) is 33.2 Å². The lowest BCUT2D eigenvalue weighted by Gasteiger charge is -2.25. The summed E-state index contributed by atoms with van der Waals surface area (Å²) in [5, 5.41) is 11.1. The number of benzene rings is 2. The Balaban J connectivity index is 2.13. The first-order valence-electron chi connectivity index (χ1n) is 10.8. The summed E-state index contributed by atoms with van der Waals surface area (Å²) in [6, 6.07) is 11.3. The topological polar surface area (TPSA) is 85.3 Å². The van der Waals surface area contributed by atoms with Gasteiger partial charge >= 0.3 is 0 Å². The van der Waals surface area contributed by atoms with Gasteiger partial charge in [-0.15, -0.1) is 0 Å². The number of aliphatic hydroxyl groups excluding tert-OH is 1. The molecule has 0 aromatic heterocycles. The van der Waals surface area contributed by atoms with E-state index < -0.39 is 17.7 Å². The zero-order valence-electron chi connectivity index (χ0n) is 18.9. The minimum atomic E-state index is -0.730. The molecule has 0 aliphatic carbocycles. The van der Waals surface area contributed by atoms with Gasteiger partial charge in [0.25, 0.3) is 11.7 Å². The van der Waals surface area contributed by atoms with Gasteiger partial charge in [-0.05, 0) is 62.2 Å². The van der Waals surface area contributed by atoms with Gasteiger partial charge in [-0.2, -0.15) is 0 Å². The number of ketones is 1. The summed E-state index contributed by atoms with van der Waals surface area (Å²) in [6.45, 7) is 7.07. The third kappa shape index (κ3) is 4.42. The molecule has 1 amide bonds. The average molecular weight is 440 g/mol. The normalized spacial score (nSPS) is 17.5. The van der Waals surface area contributed by atoms with Crippen LogP contribution in [0.15, 0.2) is 48.0 Å². The zero-order valence-corrected chi connectivity index (χ0v) is 18.9. The van der Waals surface area contributed by atoms with Crippen LogP contribution >= 0.6 is 0 Å². The predicted molar refractivity (Wildman–Crippen MR) is 121 cm³/mol. The molecule has 7 nitrogen and oxygen atoms in total. The molecular weight excluding hydrogens is 410 g/mol. The molecule has 0 bridgehead atoms. The molecule has 3 rings (SSSR count). The molecule has 1 N–H and O–H groups in total. The Bertz CT molecular complexity index is 1010. The van der Waals surface area contributed by atoms with E-state index in [0.29, 0.717) is 54.6 Å². The van der Waals surface area contributed by atoms with Crippen LogP contribution < -0.4 is 14.2 Å². The molecule has 0 spiro atoms. The van der Waals surface area contributed by atoms with Crippen molar-refractivity contribution in [3.63, 3.8) is 0 Å². The number of likely N-dealkylation sites (tertiary alicyclic amines) is 1. The van der Waals surface area contributed by atoms with Crippen molar-refractivity contribution in [1.82, 2.24) is 4.90 Å². The SMILES string of the molecule is CCCN1C(=O)C(=O)/C(=C(\O)c2ccc(OCC)cc2)C1c1ccc(OCC)c(OC)c1. The van der Waals surface area contributed by atoms with Gasteiger partial charge in [0.1, 0.15) is 11.5 Å². The molecule has 1 saturated heterocycles. The van der Waals surface area contributed by atoms with E-state index in [0.717, 1.165) is 0 Å². The second kappa shape index (κ2) is 10.2. The molecule has 1 fully saturated rings. The summed E-state index contributed by atoms with van der Waals surface area (Å²) in [4.78, 5) is 27.3. The highest BCUT2D eigenvalue weighted by Crippen LogP contribution is 2.42. The molecule has 0 radical (unpaired) electrons. The Morgan fingerprint density at radius 2 is 1.66 bits per heavy atom. The number of aliphatic hydroxyl groups is 1. The molecule has 1 aliphatic rings. The second-order valence-electron chi connectivity index (χ2n) is 7.29. The van der Waals surface area contributed by atoms with Gasteiger partial charge in [0.15, 0.2) is 11.5 Å². The van der Waals surface area contributed by atoms with Crippen molar-refractivity contribution in [1.29, 1.82) is 0 Å². The number of ether oxygens (including phenoxy) is 3. The number of Topliss-reactive ketones (excluding diaryl/α,β-unsaturated/α-hetero) is 1. The van der Waals surface area contributed by atoms with Gasteiger partial charge in [-0.25, -0.2) is 0 Å². The number of nitrogens with zero attached hydrogens (tertiary/aromatic N) is 1. The van der Waals surface area contributed by atoms with Crippen LogP contribution in [-0.4, -0.2) is 48.6 Å². The number of hydrogen-bond donors (Lipinski definition) is 1. The van der Waals surface area contributed by atoms with E-state index in [1.165, 1.54) is 12.0 Å². The van der Waals surface area contributed by atoms with E-state index in [-0.39, 0.29) is 11.3 Å². The molecule has 2 aromatic rings.